The van der Waals surface area contributed by atoms with Crippen molar-refractivity contribution >= 4 is 33.6 Å². The Morgan fingerprint density at radius 1 is 1.50 bits per heavy atom. The number of nitriles is 1. The summed E-state index contributed by atoms with van der Waals surface area (Å²) in [6.07, 6.45) is 0. The molecule has 0 atom stereocenters. The molecule has 0 amide bonds. The zero-order chi connectivity index (χ0) is 8.55. The number of benzene rings is 1. The van der Waals surface area contributed by atoms with Gasteiger partial charge in [0.15, 0.2) is 3.83 Å². The fourth-order valence-corrected chi connectivity index (χ4v) is 1.59. The predicted molar refractivity (Wildman–Crippen MR) is 53.5 cm³/mol. The SMILES string of the molecule is N#Cc1ccc2[nH]c(I)nc2c1. The molecule has 3 nitrogen and oxygen atoms in total. The second-order valence-corrected chi connectivity index (χ2v) is 3.39. The van der Waals surface area contributed by atoms with Gasteiger partial charge in [-0.1, -0.05) is 0 Å². The van der Waals surface area contributed by atoms with E-state index in [2.05, 4.69) is 38.6 Å². The van der Waals surface area contributed by atoms with E-state index in [9.17, 15) is 0 Å². The zero-order valence-electron chi connectivity index (χ0n) is 6.00. The Labute approximate surface area is 82.6 Å². The third-order valence-corrected chi connectivity index (χ3v) is 2.09. The molecule has 0 spiro atoms. The van der Waals surface area contributed by atoms with E-state index in [1.807, 2.05) is 6.07 Å². The number of rotatable bonds is 0. The Morgan fingerprint density at radius 3 is 3.08 bits per heavy atom. The molecule has 58 valence electrons. The first-order valence-corrected chi connectivity index (χ1v) is 4.43. The third kappa shape index (κ3) is 1.16. The summed E-state index contributed by atoms with van der Waals surface area (Å²) in [6.45, 7) is 0. The van der Waals surface area contributed by atoms with E-state index < -0.39 is 0 Å². The van der Waals surface area contributed by atoms with Crippen LogP contribution < -0.4 is 0 Å². The molecule has 1 aromatic carbocycles. The van der Waals surface area contributed by atoms with E-state index in [1.54, 1.807) is 12.1 Å². The van der Waals surface area contributed by atoms with Gasteiger partial charge in [-0.3, -0.25) is 0 Å². The molecule has 2 rings (SSSR count). The van der Waals surface area contributed by atoms with Crippen molar-refractivity contribution in [2.24, 2.45) is 0 Å². The Balaban J connectivity index is 2.77. The number of fused-ring (bicyclic) bond motifs is 1. The predicted octanol–water partition coefficient (Wildman–Crippen LogP) is 2.04. The van der Waals surface area contributed by atoms with Crippen LogP contribution in [-0.2, 0) is 0 Å². The standard InChI is InChI=1S/C8H4IN3/c9-8-11-6-2-1-5(4-10)3-7(6)12-8/h1-3H,(H,11,12). The highest BCUT2D eigenvalue weighted by Gasteiger charge is 1.99. The first-order chi connectivity index (χ1) is 5.79. The van der Waals surface area contributed by atoms with Gasteiger partial charge in [0.2, 0.25) is 0 Å². The summed E-state index contributed by atoms with van der Waals surface area (Å²) in [6, 6.07) is 7.48. The topological polar surface area (TPSA) is 52.5 Å². The molecular weight excluding hydrogens is 265 g/mol. The molecule has 0 unspecified atom stereocenters. The highest BCUT2D eigenvalue weighted by Crippen LogP contribution is 2.13. The minimum atomic E-state index is 0.644. The van der Waals surface area contributed by atoms with Gasteiger partial charge in [-0.15, -0.1) is 0 Å². The van der Waals surface area contributed by atoms with Gasteiger partial charge in [-0.25, -0.2) is 4.98 Å². The normalized spacial score (nSPS) is 10.0. The number of hydrogen-bond donors (Lipinski definition) is 1. The van der Waals surface area contributed by atoms with Crippen LogP contribution >= 0.6 is 22.6 Å². The number of H-pyrrole nitrogens is 1. The highest BCUT2D eigenvalue weighted by atomic mass is 127. The zero-order valence-corrected chi connectivity index (χ0v) is 8.16. The van der Waals surface area contributed by atoms with Gasteiger partial charge in [-0.2, -0.15) is 5.26 Å². The van der Waals surface area contributed by atoms with Gasteiger partial charge < -0.3 is 4.98 Å². The second-order valence-electron chi connectivity index (χ2n) is 2.37. The molecule has 0 fully saturated rings. The van der Waals surface area contributed by atoms with Gasteiger partial charge in [0.1, 0.15) is 0 Å². The van der Waals surface area contributed by atoms with Crippen LogP contribution in [0.4, 0.5) is 0 Å². The van der Waals surface area contributed by atoms with Gasteiger partial charge in [0, 0.05) is 0 Å². The fourth-order valence-electron chi connectivity index (χ4n) is 1.04. The number of halogens is 1. The summed E-state index contributed by atoms with van der Waals surface area (Å²) in [5, 5.41) is 8.61. The Morgan fingerprint density at radius 2 is 2.33 bits per heavy atom. The first-order valence-electron chi connectivity index (χ1n) is 3.35. The largest absolute Gasteiger partial charge is 0.333 e. The smallest absolute Gasteiger partial charge is 0.169 e. The Hall–Kier alpha value is -1.09. The number of aromatic amines is 1. The summed E-state index contributed by atoms with van der Waals surface area (Å²) in [4.78, 5) is 7.28. The minimum absolute atomic E-state index is 0.644. The molecule has 0 saturated carbocycles. The fraction of sp³-hybridized carbons (Fsp3) is 0. The molecule has 0 aliphatic carbocycles. The van der Waals surface area contributed by atoms with E-state index in [0.29, 0.717) is 5.56 Å². The van der Waals surface area contributed by atoms with Crippen molar-refractivity contribution in [2.75, 3.05) is 0 Å². The van der Waals surface area contributed by atoms with Crippen molar-refractivity contribution in [3.05, 3.63) is 27.6 Å². The summed E-state index contributed by atoms with van der Waals surface area (Å²) in [7, 11) is 0. The maximum absolute atomic E-state index is 8.61. The molecule has 2 aromatic rings. The first kappa shape index (κ1) is 7.55. The van der Waals surface area contributed by atoms with Gasteiger partial charge in [-0.05, 0) is 40.8 Å². The lowest BCUT2D eigenvalue weighted by Gasteiger charge is -1.86. The molecule has 0 aliphatic heterocycles. The molecule has 1 heterocycles. The van der Waals surface area contributed by atoms with E-state index in [4.69, 9.17) is 5.26 Å². The molecule has 1 aromatic heterocycles. The van der Waals surface area contributed by atoms with Crippen molar-refractivity contribution in [3.63, 3.8) is 0 Å². The van der Waals surface area contributed by atoms with E-state index in [-0.39, 0.29) is 0 Å². The van der Waals surface area contributed by atoms with Crippen molar-refractivity contribution in [3.8, 4) is 6.07 Å². The van der Waals surface area contributed by atoms with Crippen LogP contribution in [0.3, 0.4) is 0 Å². The van der Waals surface area contributed by atoms with Gasteiger partial charge in [0.05, 0.1) is 22.7 Å². The molecular formula is C8H4IN3. The summed E-state index contributed by atoms with van der Waals surface area (Å²) >= 11 is 2.11. The van der Waals surface area contributed by atoms with Crippen LogP contribution in [0, 0.1) is 15.2 Å². The van der Waals surface area contributed by atoms with Crippen LogP contribution in [0.5, 0.6) is 0 Å². The average molecular weight is 269 g/mol. The molecule has 0 bridgehead atoms. The van der Waals surface area contributed by atoms with Crippen LogP contribution in [0.2, 0.25) is 0 Å². The number of aromatic nitrogens is 2. The van der Waals surface area contributed by atoms with Crippen molar-refractivity contribution in [1.82, 2.24) is 9.97 Å². The van der Waals surface area contributed by atoms with E-state index in [1.165, 1.54) is 0 Å². The van der Waals surface area contributed by atoms with E-state index >= 15 is 0 Å². The van der Waals surface area contributed by atoms with Crippen LogP contribution in [-0.4, -0.2) is 9.97 Å². The molecule has 12 heavy (non-hydrogen) atoms. The molecule has 0 radical (unpaired) electrons. The lowest BCUT2D eigenvalue weighted by molar-refractivity contribution is 1.26. The third-order valence-electron chi connectivity index (χ3n) is 1.58. The summed E-state index contributed by atoms with van der Waals surface area (Å²) in [5.74, 6) is 0. The monoisotopic (exact) mass is 269 g/mol. The van der Waals surface area contributed by atoms with Crippen molar-refractivity contribution in [2.45, 2.75) is 0 Å². The van der Waals surface area contributed by atoms with Crippen LogP contribution in [0.1, 0.15) is 5.56 Å². The quantitative estimate of drug-likeness (QED) is 0.744. The molecule has 0 aliphatic rings. The minimum Gasteiger partial charge on any atom is -0.333 e. The molecule has 4 heteroatoms. The number of nitrogens with zero attached hydrogens (tertiary/aromatic N) is 2. The maximum atomic E-state index is 8.61. The van der Waals surface area contributed by atoms with Crippen molar-refractivity contribution in [1.29, 1.82) is 5.26 Å². The Bertz CT molecular complexity index is 467. The number of nitrogens with one attached hydrogen (secondary N) is 1. The van der Waals surface area contributed by atoms with Gasteiger partial charge >= 0.3 is 0 Å². The number of imidazole rings is 1. The second kappa shape index (κ2) is 2.75. The van der Waals surface area contributed by atoms with Crippen LogP contribution in [0.15, 0.2) is 18.2 Å². The number of hydrogen-bond acceptors (Lipinski definition) is 2. The highest BCUT2D eigenvalue weighted by molar-refractivity contribution is 14.1. The van der Waals surface area contributed by atoms with Crippen molar-refractivity contribution < 1.29 is 0 Å². The average Bonchev–Trinajstić information content (AvgIpc) is 2.43. The lowest BCUT2D eigenvalue weighted by atomic mass is 10.2. The molecule has 0 saturated heterocycles. The Kier molecular flexibility index (Phi) is 1.73. The summed E-state index contributed by atoms with van der Waals surface area (Å²) < 4.78 is 0.845. The van der Waals surface area contributed by atoms with Crippen LogP contribution in [0.25, 0.3) is 11.0 Å². The molecule has 1 N–H and O–H groups in total. The lowest BCUT2D eigenvalue weighted by Crippen LogP contribution is -1.73. The maximum Gasteiger partial charge on any atom is 0.169 e. The van der Waals surface area contributed by atoms with E-state index in [0.717, 1.165) is 14.9 Å². The summed E-state index contributed by atoms with van der Waals surface area (Å²) in [5.41, 5.74) is 2.46. The van der Waals surface area contributed by atoms with Gasteiger partial charge in [0.25, 0.3) is 0 Å².